The van der Waals surface area contributed by atoms with Crippen molar-refractivity contribution >= 4 is 11.8 Å². The van der Waals surface area contributed by atoms with E-state index in [1.54, 1.807) is 21.0 Å². The largest absolute Gasteiger partial charge is 0.463 e. The van der Waals surface area contributed by atoms with Crippen molar-refractivity contribution in [1.29, 1.82) is 0 Å². The van der Waals surface area contributed by atoms with Gasteiger partial charge in [-0.1, -0.05) is 44.2 Å². The molecule has 2 heterocycles. The van der Waals surface area contributed by atoms with Crippen molar-refractivity contribution < 1.29 is 33.6 Å². The first-order valence-electron chi connectivity index (χ1n) is 14.1. The Labute approximate surface area is 233 Å². The summed E-state index contributed by atoms with van der Waals surface area (Å²) in [7, 11) is 5.44. The average molecular weight is 549 g/mol. The number of methoxy groups -OCH3 is 1. The summed E-state index contributed by atoms with van der Waals surface area (Å²) in [4.78, 5) is 28.7. The second kappa shape index (κ2) is 13.7. The second-order valence-corrected chi connectivity index (χ2v) is 11.9. The molecule has 2 aliphatic heterocycles. The highest BCUT2D eigenvalue weighted by Crippen LogP contribution is 2.36. The summed E-state index contributed by atoms with van der Waals surface area (Å²) in [6.45, 7) is 10.1. The van der Waals surface area contributed by atoms with Crippen molar-refractivity contribution in [2.75, 3.05) is 34.4 Å². The number of cyclic esters (lactones) is 1. The molecule has 10 atom stereocenters. The highest BCUT2D eigenvalue weighted by Gasteiger charge is 2.48. The van der Waals surface area contributed by atoms with Crippen molar-refractivity contribution in [2.24, 2.45) is 17.8 Å². The first kappa shape index (κ1) is 31.6. The number of nitrogens with one attached hydrogen (secondary N) is 1. The van der Waals surface area contributed by atoms with E-state index in [1.807, 2.05) is 63.2 Å². The first-order valence-corrected chi connectivity index (χ1v) is 14.1. The third-order valence-corrected chi connectivity index (χ3v) is 8.37. The molecule has 1 aromatic carbocycles. The molecule has 0 bridgehead atoms. The lowest BCUT2D eigenvalue weighted by Gasteiger charge is -2.46. The standard InChI is InChI=1S/C30H48N2O7/c1-18-15-30(5,36-8)27(39-29-26(34)24(32(6)7)14-19(2)38-29)20(3)25(33)21(4)28(35)37-17-23(31-16-18)22-12-10-9-11-13-22/h9-13,18-21,23-24,26-27,29,31,34H,14-17H2,1-8H3/t18-,19?,20+,21-,23+,24?,26?,27-,29+,30-/m1/s1. The Morgan fingerprint density at radius 2 is 1.77 bits per heavy atom. The third-order valence-electron chi connectivity index (χ3n) is 8.37. The minimum atomic E-state index is -0.993. The van der Waals surface area contributed by atoms with Crippen LogP contribution >= 0.6 is 0 Å². The summed E-state index contributed by atoms with van der Waals surface area (Å²) in [5.41, 5.74) is 0.0939. The van der Waals surface area contributed by atoms with Gasteiger partial charge in [0.15, 0.2) is 12.1 Å². The normalized spacial score (nSPS) is 39.4. The van der Waals surface area contributed by atoms with Gasteiger partial charge in [-0.2, -0.15) is 0 Å². The number of hydrogen-bond acceptors (Lipinski definition) is 9. The molecule has 9 nitrogen and oxygen atoms in total. The van der Waals surface area contributed by atoms with E-state index in [9.17, 15) is 14.7 Å². The molecule has 0 saturated carbocycles. The van der Waals surface area contributed by atoms with Gasteiger partial charge in [0.2, 0.25) is 0 Å². The number of ether oxygens (including phenoxy) is 4. The van der Waals surface area contributed by atoms with Crippen LogP contribution in [-0.4, -0.2) is 92.4 Å². The van der Waals surface area contributed by atoms with Crippen molar-refractivity contribution in [1.82, 2.24) is 10.2 Å². The number of likely N-dealkylation sites (N-methyl/N-ethyl adjacent to an activating group) is 1. The monoisotopic (exact) mass is 548 g/mol. The molecule has 2 saturated heterocycles. The van der Waals surface area contributed by atoms with Gasteiger partial charge in [0.25, 0.3) is 0 Å². The van der Waals surface area contributed by atoms with Crippen molar-refractivity contribution in [3.05, 3.63) is 35.9 Å². The predicted molar refractivity (Wildman–Crippen MR) is 148 cm³/mol. The summed E-state index contributed by atoms with van der Waals surface area (Å²) in [6.07, 6.45) is -1.58. The van der Waals surface area contributed by atoms with Crippen LogP contribution in [-0.2, 0) is 28.5 Å². The van der Waals surface area contributed by atoms with Gasteiger partial charge in [-0.3, -0.25) is 9.59 Å². The molecule has 2 fully saturated rings. The number of nitrogens with zero attached hydrogens (tertiary/aromatic N) is 1. The van der Waals surface area contributed by atoms with E-state index in [-0.39, 0.29) is 36.5 Å². The molecule has 2 N–H and O–H groups in total. The number of benzene rings is 1. The van der Waals surface area contributed by atoms with E-state index in [0.29, 0.717) is 19.4 Å². The number of carbonyl (C=O) groups is 2. The maximum absolute atomic E-state index is 13.7. The predicted octanol–water partition coefficient (Wildman–Crippen LogP) is 2.96. The minimum absolute atomic E-state index is 0.120. The van der Waals surface area contributed by atoms with Gasteiger partial charge in [0.05, 0.1) is 23.9 Å². The summed E-state index contributed by atoms with van der Waals surface area (Å²) < 4.78 is 24.3. The van der Waals surface area contributed by atoms with Gasteiger partial charge in [-0.15, -0.1) is 0 Å². The Bertz CT molecular complexity index is 944. The fourth-order valence-electron chi connectivity index (χ4n) is 5.92. The Morgan fingerprint density at radius 1 is 1.10 bits per heavy atom. The molecule has 0 spiro atoms. The Kier molecular flexibility index (Phi) is 11.1. The van der Waals surface area contributed by atoms with Crippen LogP contribution in [0.2, 0.25) is 0 Å². The van der Waals surface area contributed by atoms with Crippen molar-refractivity contribution in [3.63, 3.8) is 0 Å². The summed E-state index contributed by atoms with van der Waals surface area (Å²) in [5, 5.41) is 14.7. The van der Waals surface area contributed by atoms with E-state index in [1.165, 1.54) is 0 Å². The van der Waals surface area contributed by atoms with Crippen LogP contribution in [0.5, 0.6) is 0 Å². The first-order chi connectivity index (χ1) is 18.4. The maximum Gasteiger partial charge on any atom is 0.316 e. The van der Waals surface area contributed by atoms with Gasteiger partial charge < -0.3 is 34.3 Å². The number of ketones is 1. The van der Waals surface area contributed by atoms with E-state index < -0.39 is 41.9 Å². The van der Waals surface area contributed by atoms with Crippen LogP contribution in [0.4, 0.5) is 0 Å². The molecule has 2 aliphatic rings. The number of carbonyl (C=O) groups excluding carboxylic acids is 2. The van der Waals surface area contributed by atoms with E-state index >= 15 is 0 Å². The average Bonchev–Trinajstić information content (AvgIpc) is 2.91. The molecule has 3 unspecified atom stereocenters. The van der Waals surface area contributed by atoms with E-state index in [0.717, 1.165) is 5.56 Å². The molecule has 1 aromatic rings. The number of aliphatic hydroxyl groups is 1. The SMILES string of the molecule is CO[C@]1(C)C[C@@H](C)CN[C@H](c2ccccc2)COC(=O)[C@H](C)C(=O)[C@H](C)[C@H]1O[C@@H]1OC(C)CC(N(C)C)C1O. The van der Waals surface area contributed by atoms with Crippen LogP contribution in [0.15, 0.2) is 30.3 Å². The molecule has 220 valence electrons. The number of esters is 1. The Morgan fingerprint density at radius 3 is 2.38 bits per heavy atom. The second-order valence-electron chi connectivity index (χ2n) is 11.9. The molecular formula is C30H48N2O7. The van der Waals surface area contributed by atoms with Crippen molar-refractivity contribution in [3.8, 4) is 0 Å². The van der Waals surface area contributed by atoms with E-state index in [4.69, 9.17) is 18.9 Å². The minimum Gasteiger partial charge on any atom is -0.463 e. The Balaban J connectivity index is 1.94. The molecule has 9 heteroatoms. The van der Waals surface area contributed by atoms with E-state index in [2.05, 4.69) is 12.2 Å². The molecular weight excluding hydrogens is 500 g/mol. The van der Waals surface area contributed by atoms with Crippen LogP contribution in [0.3, 0.4) is 0 Å². The van der Waals surface area contributed by atoms with Crippen LogP contribution in [0, 0.1) is 17.8 Å². The lowest BCUT2D eigenvalue weighted by atomic mass is 9.78. The maximum atomic E-state index is 13.7. The Hall–Kier alpha value is -1.88. The third kappa shape index (κ3) is 7.65. The smallest absolute Gasteiger partial charge is 0.316 e. The topological polar surface area (TPSA) is 107 Å². The zero-order valence-electron chi connectivity index (χ0n) is 24.8. The van der Waals surface area contributed by atoms with Crippen LogP contribution in [0.25, 0.3) is 0 Å². The van der Waals surface area contributed by atoms with Crippen molar-refractivity contribution in [2.45, 2.75) is 89.7 Å². The number of Topliss-reactive ketones (excluding diaryl/α,β-unsaturated/α-hetero) is 1. The van der Waals surface area contributed by atoms with Gasteiger partial charge in [0, 0.05) is 19.1 Å². The molecule has 0 aromatic heterocycles. The molecule has 3 rings (SSSR count). The fraction of sp³-hybridized carbons (Fsp3) is 0.733. The lowest BCUT2D eigenvalue weighted by molar-refractivity contribution is -0.295. The van der Waals surface area contributed by atoms with Gasteiger partial charge in [-0.05, 0) is 65.7 Å². The molecule has 0 radical (unpaired) electrons. The molecule has 0 amide bonds. The fourth-order valence-corrected chi connectivity index (χ4v) is 5.92. The van der Waals surface area contributed by atoms with Crippen LogP contribution < -0.4 is 5.32 Å². The molecule has 39 heavy (non-hydrogen) atoms. The number of aliphatic hydroxyl groups excluding tert-OH is 1. The quantitative estimate of drug-likeness (QED) is 0.424. The highest BCUT2D eigenvalue weighted by atomic mass is 16.7. The van der Waals surface area contributed by atoms with Crippen LogP contribution in [0.1, 0.15) is 59.1 Å². The summed E-state index contributed by atoms with van der Waals surface area (Å²) in [5.74, 6) is -2.47. The number of rotatable bonds is 5. The molecule has 0 aliphatic carbocycles. The highest BCUT2D eigenvalue weighted by molar-refractivity contribution is 5.99. The zero-order valence-corrected chi connectivity index (χ0v) is 24.8. The van der Waals surface area contributed by atoms with Gasteiger partial charge in [-0.25, -0.2) is 0 Å². The lowest BCUT2D eigenvalue weighted by Crippen LogP contribution is -2.59. The summed E-state index contributed by atoms with van der Waals surface area (Å²) in [6, 6.07) is 9.44. The number of hydrogen-bond donors (Lipinski definition) is 2. The zero-order chi connectivity index (χ0) is 28.9. The van der Waals surface area contributed by atoms with Gasteiger partial charge >= 0.3 is 5.97 Å². The van der Waals surface area contributed by atoms with Gasteiger partial charge in [0.1, 0.15) is 18.6 Å². The summed E-state index contributed by atoms with van der Waals surface area (Å²) >= 11 is 0.